The van der Waals surface area contributed by atoms with E-state index in [2.05, 4.69) is 15.3 Å². The average Bonchev–Trinajstić information content (AvgIpc) is 2.87. The fraction of sp³-hybridized carbons (Fsp3) is 0.357. The summed E-state index contributed by atoms with van der Waals surface area (Å²) in [6.07, 6.45) is 3.96. The standard InChI is InChI=1S/C14H15N3O2/c18-14(19)9-5-6-10(7-9)16-13-8-15-11-3-1-2-4-12(11)17-13/h1-4,8-10H,5-7H2,(H,16,17)(H,18,19). The van der Waals surface area contributed by atoms with Crippen molar-refractivity contribution in [3.05, 3.63) is 30.5 Å². The second-order valence-corrected chi connectivity index (χ2v) is 4.93. The van der Waals surface area contributed by atoms with Crippen LogP contribution in [0, 0.1) is 5.92 Å². The first-order valence-corrected chi connectivity index (χ1v) is 6.43. The number of hydrogen-bond donors (Lipinski definition) is 2. The summed E-state index contributed by atoms with van der Waals surface area (Å²) in [4.78, 5) is 19.7. The van der Waals surface area contributed by atoms with Gasteiger partial charge in [-0.25, -0.2) is 4.98 Å². The van der Waals surface area contributed by atoms with E-state index in [1.54, 1.807) is 6.20 Å². The Bertz CT molecular complexity index is 614. The van der Waals surface area contributed by atoms with E-state index >= 15 is 0 Å². The topological polar surface area (TPSA) is 75.1 Å². The predicted octanol–water partition coefficient (Wildman–Crippen LogP) is 2.29. The predicted molar refractivity (Wildman–Crippen MR) is 71.9 cm³/mol. The van der Waals surface area contributed by atoms with E-state index in [1.165, 1.54) is 0 Å². The number of carboxylic acid groups (broad SMARTS) is 1. The summed E-state index contributed by atoms with van der Waals surface area (Å²) in [5.74, 6) is -0.213. The first kappa shape index (κ1) is 11.9. The van der Waals surface area contributed by atoms with E-state index in [1.807, 2.05) is 24.3 Å². The summed E-state index contributed by atoms with van der Waals surface area (Å²) in [6.45, 7) is 0. The maximum absolute atomic E-state index is 10.9. The Morgan fingerprint density at radius 2 is 2.05 bits per heavy atom. The molecule has 1 aliphatic carbocycles. The van der Waals surface area contributed by atoms with E-state index in [4.69, 9.17) is 5.11 Å². The van der Waals surface area contributed by atoms with E-state index in [0.717, 1.165) is 29.7 Å². The normalized spacial score (nSPS) is 22.5. The molecule has 0 bridgehead atoms. The molecule has 5 heteroatoms. The van der Waals surface area contributed by atoms with Crippen LogP contribution in [0.15, 0.2) is 30.5 Å². The SMILES string of the molecule is O=C(O)C1CCC(Nc2cnc3ccccc3n2)C1. The smallest absolute Gasteiger partial charge is 0.306 e. The lowest BCUT2D eigenvalue weighted by molar-refractivity contribution is -0.141. The molecule has 1 fully saturated rings. The first-order chi connectivity index (χ1) is 9.22. The number of para-hydroxylation sites is 2. The molecule has 2 unspecified atom stereocenters. The number of nitrogens with zero attached hydrogens (tertiary/aromatic N) is 2. The minimum absolute atomic E-state index is 0.177. The summed E-state index contributed by atoms with van der Waals surface area (Å²) in [5.41, 5.74) is 1.71. The molecule has 0 spiro atoms. The van der Waals surface area contributed by atoms with Gasteiger partial charge >= 0.3 is 5.97 Å². The van der Waals surface area contributed by atoms with Gasteiger partial charge in [0.1, 0.15) is 5.82 Å². The highest BCUT2D eigenvalue weighted by molar-refractivity contribution is 5.75. The van der Waals surface area contributed by atoms with Crippen molar-refractivity contribution in [1.82, 2.24) is 9.97 Å². The summed E-state index contributed by atoms with van der Waals surface area (Å²) in [5, 5.41) is 12.3. The lowest BCUT2D eigenvalue weighted by Crippen LogP contribution is -2.18. The van der Waals surface area contributed by atoms with Crippen molar-refractivity contribution < 1.29 is 9.90 Å². The zero-order valence-electron chi connectivity index (χ0n) is 10.4. The number of aromatic nitrogens is 2. The van der Waals surface area contributed by atoms with Crippen molar-refractivity contribution in [2.45, 2.75) is 25.3 Å². The van der Waals surface area contributed by atoms with Crippen LogP contribution in [-0.4, -0.2) is 27.1 Å². The molecule has 1 heterocycles. The van der Waals surface area contributed by atoms with Gasteiger partial charge in [-0.05, 0) is 31.4 Å². The van der Waals surface area contributed by atoms with E-state index in [9.17, 15) is 4.79 Å². The van der Waals surface area contributed by atoms with Crippen LogP contribution in [0.2, 0.25) is 0 Å². The van der Waals surface area contributed by atoms with E-state index in [0.29, 0.717) is 6.42 Å². The molecule has 19 heavy (non-hydrogen) atoms. The maximum atomic E-state index is 10.9. The fourth-order valence-corrected chi connectivity index (χ4v) is 2.57. The van der Waals surface area contributed by atoms with Crippen molar-refractivity contribution >= 4 is 22.8 Å². The van der Waals surface area contributed by atoms with E-state index < -0.39 is 5.97 Å². The summed E-state index contributed by atoms with van der Waals surface area (Å²) in [6, 6.07) is 7.87. The van der Waals surface area contributed by atoms with Crippen LogP contribution in [0.25, 0.3) is 11.0 Å². The Hall–Kier alpha value is -2.17. The molecular formula is C14H15N3O2. The van der Waals surface area contributed by atoms with Crippen molar-refractivity contribution in [2.75, 3.05) is 5.32 Å². The molecule has 0 amide bonds. The third kappa shape index (κ3) is 2.50. The molecule has 2 aromatic rings. The third-order valence-corrected chi connectivity index (χ3v) is 3.58. The Labute approximate surface area is 110 Å². The Morgan fingerprint density at radius 1 is 1.26 bits per heavy atom. The number of carbonyl (C=O) groups is 1. The summed E-state index contributed by atoms with van der Waals surface area (Å²) >= 11 is 0. The number of nitrogens with one attached hydrogen (secondary N) is 1. The molecule has 2 N–H and O–H groups in total. The molecule has 0 aliphatic heterocycles. The van der Waals surface area contributed by atoms with Crippen LogP contribution in [0.1, 0.15) is 19.3 Å². The molecule has 1 aromatic heterocycles. The Morgan fingerprint density at radius 3 is 2.79 bits per heavy atom. The number of rotatable bonds is 3. The highest BCUT2D eigenvalue weighted by Crippen LogP contribution is 2.28. The first-order valence-electron chi connectivity index (χ1n) is 6.43. The maximum Gasteiger partial charge on any atom is 0.306 e. The lowest BCUT2D eigenvalue weighted by Gasteiger charge is -2.13. The molecule has 3 rings (SSSR count). The van der Waals surface area contributed by atoms with Crippen molar-refractivity contribution in [3.8, 4) is 0 Å². The van der Waals surface area contributed by atoms with Gasteiger partial charge in [0.05, 0.1) is 23.1 Å². The van der Waals surface area contributed by atoms with Gasteiger partial charge in [0.25, 0.3) is 0 Å². The van der Waals surface area contributed by atoms with Crippen LogP contribution in [0.3, 0.4) is 0 Å². The van der Waals surface area contributed by atoms with E-state index in [-0.39, 0.29) is 12.0 Å². The van der Waals surface area contributed by atoms with Crippen LogP contribution in [0.4, 0.5) is 5.82 Å². The summed E-state index contributed by atoms with van der Waals surface area (Å²) in [7, 11) is 0. The molecular weight excluding hydrogens is 242 g/mol. The van der Waals surface area contributed by atoms with Crippen molar-refractivity contribution in [3.63, 3.8) is 0 Å². The van der Waals surface area contributed by atoms with Gasteiger partial charge in [-0.1, -0.05) is 12.1 Å². The van der Waals surface area contributed by atoms with Crippen LogP contribution in [0.5, 0.6) is 0 Å². The number of aliphatic carboxylic acids is 1. The van der Waals surface area contributed by atoms with Gasteiger partial charge in [-0.2, -0.15) is 0 Å². The molecule has 0 saturated heterocycles. The Balaban J connectivity index is 1.73. The third-order valence-electron chi connectivity index (χ3n) is 3.58. The summed E-state index contributed by atoms with van der Waals surface area (Å²) < 4.78 is 0. The molecule has 5 nitrogen and oxygen atoms in total. The van der Waals surface area contributed by atoms with Gasteiger partial charge in [-0.15, -0.1) is 0 Å². The van der Waals surface area contributed by atoms with Crippen molar-refractivity contribution in [2.24, 2.45) is 5.92 Å². The number of carboxylic acids is 1. The lowest BCUT2D eigenvalue weighted by atomic mass is 10.1. The monoisotopic (exact) mass is 257 g/mol. The molecule has 2 atom stereocenters. The molecule has 1 aromatic carbocycles. The highest BCUT2D eigenvalue weighted by atomic mass is 16.4. The second-order valence-electron chi connectivity index (χ2n) is 4.93. The van der Waals surface area contributed by atoms with Crippen molar-refractivity contribution in [1.29, 1.82) is 0 Å². The van der Waals surface area contributed by atoms with Gasteiger partial charge in [0, 0.05) is 6.04 Å². The largest absolute Gasteiger partial charge is 0.481 e. The zero-order chi connectivity index (χ0) is 13.2. The highest BCUT2D eigenvalue weighted by Gasteiger charge is 2.29. The van der Waals surface area contributed by atoms with Gasteiger partial charge in [0.15, 0.2) is 0 Å². The van der Waals surface area contributed by atoms with Crippen LogP contribution >= 0.6 is 0 Å². The van der Waals surface area contributed by atoms with Crippen LogP contribution in [-0.2, 0) is 4.79 Å². The fourth-order valence-electron chi connectivity index (χ4n) is 2.57. The number of hydrogen-bond acceptors (Lipinski definition) is 4. The van der Waals surface area contributed by atoms with Gasteiger partial charge in [0.2, 0.25) is 0 Å². The number of anilines is 1. The van der Waals surface area contributed by atoms with Gasteiger partial charge < -0.3 is 10.4 Å². The van der Waals surface area contributed by atoms with Gasteiger partial charge in [-0.3, -0.25) is 9.78 Å². The molecule has 98 valence electrons. The second kappa shape index (κ2) is 4.84. The quantitative estimate of drug-likeness (QED) is 0.882. The minimum atomic E-state index is -0.700. The molecule has 1 saturated carbocycles. The molecule has 1 aliphatic rings. The Kier molecular flexibility index (Phi) is 3.03. The minimum Gasteiger partial charge on any atom is -0.481 e. The number of fused-ring (bicyclic) bond motifs is 1. The van der Waals surface area contributed by atoms with Crippen LogP contribution < -0.4 is 5.32 Å². The zero-order valence-corrected chi connectivity index (χ0v) is 10.4. The number of benzene rings is 1. The molecule has 0 radical (unpaired) electrons. The average molecular weight is 257 g/mol.